The van der Waals surface area contributed by atoms with Crippen LogP contribution in [-0.2, 0) is 0 Å². The highest BCUT2D eigenvalue weighted by Crippen LogP contribution is 2.65. The molecule has 0 spiro atoms. The monoisotopic (exact) mass is 393 g/mol. The fourth-order valence-corrected chi connectivity index (χ4v) is 3.60. The van der Waals surface area contributed by atoms with Gasteiger partial charge < -0.3 is 4.74 Å². The van der Waals surface area contributed by atoms with Gasteiger partial charge in [-0.2, -0.15) is 13.2 Å². The van der Waals surface area contributed by atoms with Crippen LogP contribution in [0.3, 0.4) is 0 Å². The summed E-state index contributed by atoms with van der Waals surface area (Å²) in [6.45, 7) is 0. The first-order chi connectivity index (χ1) is 11.7. The van der Waals surface area contributed by atoms with Crippen molar-refractivity contribution in [3.8, 4) is 5.75 Å². The molecule has 134 valence electrons. The van der Waals surface area contributed by atoms with Crippen molar-refractivity contribution in [1.82, 2.24) is 0 Å². The van der Waals surface area contributed by atoms with E-state index in [1.807, 2.05) is 0 Å². The Balaban J connectivity index is 1.93. The third kappa shape index (κ3) is 3.22. The van der Waals surface area contributed by atoms with Crippen LogP contribution in [0.4, 0.5) is 18.9 Å². The highest BCUT2D eigenvalue weighted by Gasteiger charge is 2.68. The minimum Gasteiger partial charge on any atom is -0.458 e. The van der Waals surface area contributed by atoms with Crippen molar-refractivity contribution in [2.45, 2.75) is 25.4 Å². The lowest BCUT2D eigenvalue weighted by molar-refractivity contribution is -0.384. The van der Waals surface area contributed by atoms with Gasteiger partial charge in [-0.05, 0) is 25.3 Å². The Kier molecular flexibility index (Phi) is 4.49. The minimum atomic E-state index is -4.34. The van der Waals surface area contributed by atoms with Gasteiger partial charge in [0, 0.05) is 18.1 Å². The van der Waals surface area contributed by atoms with E-state index < -0.39 is 22.4 Å². The quantitative estimate of drug-likeness (QED) is 0.459. The topological polar surface area (TPSA) is 52.4 Å². The van der Waals surface area contributed by atoms with Gasteiger partial charge in [0.2, 0.25) is 0 Å². The van der Waals surface area contributed by atoms with Crippen LogP contribution in [0.1, 0.15) is 19.3 Å². The number of halogens is 5. The van der Waals surface area contributed by atoms with Crippen LogP contribution in [0.25, 0.3) is 0 Å². The van der Waals surface area contributed by atoms with E-state index in [9.17, 15) is 23.3 Å². The normalized spacial score (nSPS) is 21.6. The van der Waals surface area contributed by atoms with Crippen LogP contribution in [0, 0.1) is 21.4 Å². The Morgan fingerprint density at radius 3 is 2.32 bits per heavy atom. The molecule has 2 aliphatic carbocycles. The summed E-state index contributed by atoms with van der Waals surface area (Å²) in [6, 6.07) is 2.10. The fraction of sp³-hybridized carbons (Fsp3) is 0.375. The average Bonchev–Trinajstić information content (AvgIpc) is 3.32. The molecule has 0 heterocycles. The summed E-state index contributed by atoms with van der Waals surface area (Å²) in [5.74, 6) is -0.853. The minimum absolute atomic E-state index is 0.0391. The molecule has 4 nitrogen and oxygen atoms in total. The summed E-state index contributed by atoms with van der Waals surface area (Å²) < 4.78 is 46.0. The molecule has 0 aromatic heterocycles. The maximum Gasteiger partial charge on any atom is 0.395 e. The Morgan fingerprint density at radius 1 is 1.24 bits per heavy atom. The lowest BCUT2D eigenvalue weighted by Gasteiger charge is -2.31. The first-order valence-electron chi connectivity index (χ1n) is 7.40. The van der Waals surface area contributed by atoms with Gasteiger partial charge in [-0.3, -0.25) is 10.1 Å². The second kappa shape index (κ2) is 6.21. The molecular formula is C16H12Cl2F3NO3. The van der Waals surface area contributed by atoms with Crippen molar-refractivity contribution < 1.29 is 22.8 Å². The predicted molar refractivity (Wildman–Crippen MR) is 86.8 cm³/mol. The first kappa shape index (κ1) is 18.1. The maximum absolute atomic E-state index is 13.5. The second-order valence-electron chi connectivity index (χ2n) is 6.04. The molecule has 9 heteroatoms. The predicted octanol–water partition coefficient (Wildman–Crippen LogP) is 6.08. The van der Waals surface area contributed by atoms with E-state index in [1.54, 1.807) is 12.2 Å². The van der Waals surface area contributed by atoms with Crippen LogP contribution in [0.5, 0.6) is 5.75 Å². The lowest BCUT2D eigenvalue weighted by atomic mass is 9.82. The smallest absolute Gasteiger partial charge is 0.395 e. The third-order valence-electron chi connectivity index (χ3n) is 4.55. The zero-order valence-electron chi connectivity index (χ0n) is 12.6. The Bertz CT molecular complexity index is 762. The lowest BCUT2D eigenvalue weighted by Crippen LogP contribution is -2.35. The average molecular weight is 394 g/mol. The summed E-state index contributed by atoms with van der Waals surface area (Å²) in [7, 11) is 0. The number of nitro benzene ring substituents is 1. The van der Waals surface area contributed by atoms with Crippen molar-refractivity contribution in [1.29, 1.82) is 0 Å². The molecule has 1 unspecified atom stereocenters. The van der Waals surface area contributed by atoms with Crippen molar-refractivity contribution in [2.24, 2.45) is 11.3 Å². The second-order valence-corrected chi connectivity index (χ2v) is 6.85. The molecule has 0 aliphatic heterocycles. The van der Waals surface area contributed by atoms with Crippen molar-refractivity contribution in [2.75, 3.05) is 0 Å². The summed E-state index contributed by atoms with van der Waals surface area (Å²) in [6.07, 6.45) is 0.638. The van der Waals surface area contributed by atoms with E-state index in [4.69, 9.17) is 27.9 Å². The molecule has 0 radical (unpaired) electrons. The standard InChI is InChI=1S/C16H12Cl2F3NO3/c17-11-7-9(22(23)24)8-12(18)14(11)25-13-4-2-1-3-10(13)15(5-6-15)16(19,20)21/h1-2,4,7-8,10H,3,5-6H2. The Labute approximate surface area is 151 Å². The number of nitro groups is 1. The van der Waals surface area contributed by atoms with E-state index >= 15 is 0 Å². The van der Waals surface area contributed by atoms with Gasteiger partial charge in [0.25, 0.3) is 5.69 Å². The summed E-state index contributed by atoms with van der Waals surface area (Å²) in [4.78, 5) is 10.1. The number of benzene rings is 1. The van der Waals surface area contributed by atoms with Gasteiger partial charge in [-0.25, -0.2) is 0 Å². The van der Waals surface area contributed by atoms with Crippen LogP contribution in [-0.4, -0.2) is 11.1 Å². The molecule has 2 aliphatic rings. The van der Waals surface area contributed by atoms with E-state index in [2.05, 4.69) is 0 Å². The van der Waals surface area contributed by atoms with Gasteiger partial charge in [-0.15, -0.1) is 0 Å². The third-order valence-corrected chi connectivity index (χ3v) is 5.11. The molecule has 0 amide bonds. The highest BCUT2D eigenvalue weighted by molar-refractivity contribution is 6.37. The summed E-state index contributed by atoms with van der Waals surface area (Å²) in [5, 5.41) is 10.5. The van der Waals surface area contributed by atoms with Gasteiger partial charge in [0.1, 0.15) is 5.76 Å². The molecule has 1 atom stereocenters. The first-order valence-corrected chi connectivity index (χ1v) is 8.16. The molecule has 0 N–H and O–H groups in total. The molecule has 1 aromatic carbocycles. The van der Waals surface area contributed by atoms with E-state index in [-0.39, 0.29) is 46.5 Å². The van der Waals surface area contributed by atoms with Crippen LogP contribution >= 0.6 is 23.2 Å². The van der Waals surface area contributed by atoms with Gasteiger partial charge >= 0.3 is 6.18 Å². The number of hydrogen-bond donors (Lipinski definition) is 0. The SMILES string of the molecule is O=[N+]([O-])c1cc(Cl)c(OC2=CC=CCC2C2(C(F)(F)F)CC2)c(Cl)c1. The number of ether oxygens (including phenoxy) is 1. The zero-order chi connectivity index (χ0) is 18.4. The molecule has 1 saturated carbocycles. The van der Waals surface area contributed by atoms with Crippen molar-refractivity contribution >= 4 is 28.9 Å². The van der Waals surface area contributed by atoms with Crippen LogP contribution < -0.4 is 4.74 Å². The van der Waals surface area contributed by atoms with E-state index in [0.29, 0.717) is 0 Å². The van der Waals surface area contributed by atoms with E-state index in [1.165, 1.54) is 6.08 Å². The number of rotatable bonds is 4. The highest BCUT2D eigenvalue weighted by atomic mass is 35.5. The van der Waals surface area contributed by atoms with E-state index in [0.717, 1.165) is 12.1 Å². The molecule has 1 fully saturated rings. The number of non-ortho nitro benzene ring substituents is 1. The number of alkyl halides is 3. The Morgan fingerprint density at radius 2 is 1.84 bits per heavy atom. The molecule has 1 aromatic rings. The molecule has 3 rings (SSSR count). The number of allylic oxidation sites excluding steroid dienone is 4. The van der Waals surface area contributed by atoms with Crippen molar-refractivity contribution in [3.63, 3.8) is 0 Å². The molecule has 0 saturated heterocycles. The van der Waals surface area contributed by atoms with Gasteiger partial charge in [0.15, 0.2) is 5.75 Å². The zero-order valence-corrected chi connectivity index (χ0v) is 14.2. The fourth-order valence-electron chi connectivity index (χ4n) is 3.04. The van der Waals surface area contributed by atoms with Crippen LogP contribution in [0.15, 0.2) is 36.1 Å². The molecular weight excluding hydrogens is 382 g/mol. The molecule has 0 bridgehead atoms. The van der Waals surface area contributed by atoms with Crippen molar-refractivity contribution in [3.05, 3.63) is 56.3 Å². The number of nitrogens with zero attached hydrogens (tertiary/aromatic N) is 1. The Hall–Kier alpha value is -1.73. The van der Waals surface area contributed by atoms with Crippen LogP contribution in [0.2, 0.25) is 10.0 Å². The van der Waals surface area contributed by atoms with Gasteiger partial charge in [-0.1, -0.05) is 35.4 Å². The molecule has 25 heavy (non-hydrogen) atoms. The summed E-state index contributed by atoms with van der Waals surface area (Å²) >= 11 is 12.0. The largest absolute Gasteiger partial charge is 0.458 e. The summed E-state index contributed by atoms with van der Waals surface area (Å²) in [5.41, 5.74) is -2.13. The van der Waals surface area contributed by atoms with Gasteiger partial charge in [0.05, 0.1) is 20.4 Å². The maximum atomic E-state index is 13.5. The number of hydrogen-bond acceptors (Lipinski definition) is 3.